The lowest BCUT2D eigenvalue weighted by Crippen LogP contribution is -2.04. The summed E-state index contributed by atoms with van der Waals surface area (Å²) in [6.45, 7) is 1.76. The standard InChI is InChI=1S/C17H13ClN6O4/c1-9-8-13(23-22-9)21-16-14(24(27)28)15(18)19-12(20-16)7-4-10-2-5-11(6-3-10)17(25)26/h2-8H,1H3,(H,25,26)(H2,19,20,21,22,23)/b7-4+. The summed E-state index contributed by atoms with van der Waals surface area (Å²) >= 11 is 5.98. The predicted molar refractivity (Wildman–Crippen MR) is 103 cm³/mol. The molecule has 0 atom stereocenters. The largest absolute Gasteiger partial charge is 0.478 e. The van der Waals surface area contributed by atoms with Gasteiger partial charge in [-0.3, -0.25) is 15.2 Å². The van der Waals surface area contributed by atoms with Crippen LogP contribution in [-0.4, -0.2) is 36.2 Å². The maximum atomic E-state index is 11.3. The topological polar surface area (TPSA) is 147 Å². The van der Waals surface area contributed by atoms with Crippen molar-refractivity contribution in [3.05, 3.63) is 68.2 Å². The molecular formula is C17H13ClN6O4. The van der Waals surface area contributed by atoms with Crippen molar-refractivity contribution in [3.63, 3.8) is 0 Å². The molecule has 0 amide bonds. The SMILES string of the molecule is Cc1cc(Nc2nc(/C=C/c3ccc(C(=O)O)cc3)nc(Cl)c2[N+](=O)[O-])[nH]n1. The third-order valence-electron chi connectivity index (χ3n) is 3.58. The number of H-pyrrole nitrogens is 1. The predicted octanol–water partition coefficient (Wildman–Crippen LogP) is 3.68. The maximum absolute atomic E-state index is 11.3. The summed E-state index contributed by atoms with van der Waals surface area (Å²) in [6.07, 6.45) is 3.14. The lowest BCUT2D eigenvalue weighted by Gasteiger charge is -2.06. The third-order valence-corrected chi connectivity index (χ3v) is 3.85. The van der Waals surface area contributed by atoms with E-state index in [1.807, 2.05) is 0 Å². The lowest BCUT2D eigenvalue weighted by molar-refractivity contribution is -0.384. The number of nitro groups is 1. The van der Waals surface area contributed by atoms with Crippen LogP contribution in [0.4, 0.5) is 17.3 Å². The van der Waals surface area contributed by atoms with Gasteiger partial charge in [-0.2, -0.15) is 5.10 Å². The first kappa shape index (κ1) is 19.0. The van der Waals surface area contributed by atoms with Gasteiger partial charge in [0.2, 0.25) is 11.0 Å². The molecule has 3 aromatic rings. The Morgan fingerprint density at radius 1 is 1.29 bits per heavy atom. The molecule has 11 heteroatoms. The molecule has 0 unspecified atom stereocenters. The van der Waals surface area contributed by atoms with Crippen LogP contribution in [0, 0.1) is 17.0 Å². The molecule has 2 heterocycles. The molecule has 2 aromatic heterocycles. The summed E-state index contributed by atoms with van der Waals surface area (Å²) in [7, 11) is 0. The molecule has 0 bridgehead atoms. The van der Waals surface area contributed by atoms with Crippen LogP contribution >= 0.6 is 11.6 Å². The molecular weight excluding hydrogens is 388 g/mol. The molecule has 0 fully saturated rings. The summed E-state index contributed by atoms with van der Waals surface area (Å²) < 4.78 is 0. The normalized spacial score (nSPS) is 10.9. The average molecular weight is 401 g/mol. The Morgan fingerprint density at radius 3 is 2.57 bits per heavy atom. The van der Waals surface area contributed by atoms with Gasteiger partial charge in [-0.25, -0.2) is 14.8 Å². The number of carbonyl (C=O) groups is 1. The first-order valence-electron chi connectivity index (χ1n) is 7.86. The second kappa shape index (κ2) is 7.84. The van der Waals surface area contributed by atoms with Crippen molar-refractivity contribution in [1.29, 1.82) is 0 Å². The number of hydrogen-bond donors (Lipinski definition) is 3. The monoisotopic (exact) mass is 400 g/mol. The maximum Gasteiger partial charge on any atom is 0.348 e. The van der Waals surface area contributed by atoms with Gasteiger partial charge in [-0.15, -0.1) is 0 Å². The van der Waals surface area contributed by atoms with Crippen LogP contribution in [0.1, 0.15) is 27.4 Å². The minimum absolute atomic E-state index is 0.0884. The van der Waals surface area contributed by atoms with E-state index >= 15 is 0 Å². The number of halogens is 1. The number of aryl methyl sites for hydroxylation is 1. The van der Waals surface area contributed by atoms with E-state index in [0.29, 0.717) is 17.1 Å². The number of nitrogens with zero attached hydrogens (tertiary/aromatic N) is 4. The molecule has 0 aliphatic rings. The van der Waals surface area contributed by atoms with Crippen molar-refractivity contribution in [3.8, 4) is 0 Å². The Morgan fingerprint density at radius 2 is 2.00 bits per heavy atom. The number of hydrogen-bond acceptors (Lipinski definition) is 7. The Kier molecular flexibility index (Phi) is 5.32. The second-order valence-corrected chi connectivity index (χ2v) is 5.99. The van der Waals surface area contributed by atoms with Gasteiger partial charge in [0.1, 0.15) is 5.82 Å². The molecule has 0 aliphatic carbocycles. The van der Waals surface area contributed by atoms with Crippen LogP contribution < -0.4 is 5.32 Å². The van der Waals surface area contributed by atoms with Gasteiger partial charge in [-0.05, 0) is 30.7 Å². The van der Waals surface area contributed by atoms with Gasteiger partial charge >= 0.3 is 11.7 Å². The Hall–Kier alpha value is -3.79. The summed E-state index contributed by atoms with van der Waals surface area (Å²) in [5.41, 5.74) is 1.09. The zero-order valence-electron chi connectivity index (χ0n) is 14.4. The number of anilines is 2. The number of benzene rings is 1. The number of aromatic nitrogens is 4. The smallest absolute Gasteiger partial charge is 0.348 e. The van der Waals surface area contributed by atoms with E-state index in [1.54, 1.807) is 31.2 Å². The molecule has 142 valence electrons. The number of carboxylic acids is 1. The van der Waals surface area contributed by atoms with Crippen molar-refractivity contribution < 1.29 is 14.8 Å². The number of nitrogens with one attached hydrogen (secondary N) is 2. The van der Waals surface area contributed by atoms with Gasteiger partial charge in [0.05, 0.1) is 16.2 Å². The van der Waals surface area contributed by atoms with Crippen molar-refractivity contribution in [2.24, 2.45) is 0 Å². The van der Waals surface area contributed by atoms with E-state index in [0.717, 1.165) is 0 Å². The highest BCUT2D eigenvalue weighted by Crippen LogP contribution is 2.31. The van der Waals surface area contributed by atoms with Crippen molar-refractivity contribution in [2.45, 2.75) is 6.92 Å². The fraction of sp³-hybridized carbons (Fsp3) is 0.0588. The van der Waals surface area contributed by atoms with E-state index in [2.05, 4.69) is 25.5 Å². The summed E-state index contributed by atoms with van der Waals surface area (Å²) in [6, 6.07) is 7.79. The first-order valence-corrected chi connectivity index (χ1v) is 8.23. The van der Waals surface area contributed by atoms with E-state index in [-0.39, 0.29) is 22.4 Å². The zero-order chi connectivity index (χ0) is 20.3. The second-order valence-electron chi connectivity index (χ2n) is 5.64. The van der Waals surface area contributed by atoms with E-state index in [9.17, 15) is 14.9 Å². The van der Waals surface area contributed by atoms with Crippen LogP contribution in [0.3, 0.4) is 0 Å². The van der Waals surface area contributed by atoms with Gasteiger partial charge in [0, 0.05) is 6.07 Å². The summed E-state index contributed by atoms with van der Waals surface area (Å²) in [4.78, 5) is 29.6. The molecule has 0 radical (unpaired) electrons. The quantitative estimate of drug-likeness (QED) is 0.322. The Labute approximate surface area is 163 Å². The number of aromatic carboxylic acids is 1. The van der Waals surface area contributed by atoms with Crippen LogP contribution in [0.15, 0.2) is 30.3 Å². The average Bonchev–Trinajstić information content (AvgIpc) is 3.04. The summed E-state index contributed by atoms with van der Waals surface area (Å²) in [5.74, 6) is -0.563. The van der Waals surface area contributed by atoms with Gasteiger partial charge in [-0.1, -0.05) is 29.8 Å². The minimum Gasteiger partial charge on any atom is -0.478 e. The van der Waals surface area contributed by atoms with E-state index in [1.165, 1.54) is 18.2 Å². The first-order chi connectivity index (χ1) is 13.3. The molecule has 0 saturated carbocycles. The molecule has 3 rings (SSSR count). The Bertz CT molecular complexity index is 1080. The minimum atomic E-state index is -1.02. The van der Waals surface area contributed by atoms with Gasteiger partial charge < -0.3 is 10.4 Å². The number of carboxylic acid groups (broad SMARTS) is 1. The molecule has 10 nitrogen and oxygen atoms in total. The highest BCUT2D eigenvalue weighted by molar-refractivity contribution is 6.32. The van der Waals surface area contributed by atoms with E-state index < -0.39 is 16.6 Å². The van der Waals surface area contributed by atoms with Crippen LogP contribution in [-0.2, 0) is 0 Å². The third kappa shape index (κ3) is 4.30. The Balaban J connectivity index is 1.92. The van der Waals surface area contributed by atoms with Gasteiger partial charge in [0.25, 0.3) is 0 Å². The number of aromatic amines is 1. The molecule has 0 aliphatic heterocycles. The fourth-order valence-electron chi connectivity index (χ4n) is 2.29. The molecule has 1 aromatic carbocycles. The molecule has 28 heavy (non-hydrogen) atoms. The number of rotatable bonds is 6. The van der Waals surface area contributed by atoms with Crippen molar-refractivity contribution >= 4 is 47.0 Å². The van der Waals surface area contributed by atoms with Crippen molar-refractivity contribution in [1.82, 2.24) is 20.2 Å². The zero-order valence-corrected chi connectivity index (χ0v) is 15.1. The molecule has 3 N–H and O–H groups in total. The lowest BCUT2D eigenvalue weighted by atomic mass is 10.1. The van der Waals surface area contributed by atoms with Crippen LogP contribution in [0.25, 0.3) is 12.2 Å². The molecule has 0 spiro atoms. The summed E-state index contributed by atoms with van der Waals surface area (Å²) in [5, 5.41) is 29.3. The van der Waals surface area contributed by atoms with Crippen molar-refractivity contribution in [2.75, 3.05) is 5.32 Å². The molecule has 0 saturated heterocycles. The van der Waals surface area contributed by atoms with E-state index in [4.69, 9.17) is 16.7 Å². The van der Waals surface area contributed by atoms with Crippen LogP contribution in [0.5, 0.6) is 0 Å². The highest BCUT2D eigenvalue weighted by Gasteiger charge is 2.23. The van der Waals surface area contributed by atoms with Gasteiger partial charge in [0.15, 0.2) is 5.82 Å². The van der Waals surface area contributed by atoms with Crippen LogP contribution in [0.2, 0.25) is 5.15 Å². The fourth-order valence-corrected chi connectivity index (χ4v) is 2.53. The highest BCUT2D eigenvalue weighted by atomic mass is 35.5.